The van der Waals surface area contributed by atoms with Crippen molar-refractivity contribution in [1.29, 1.82) is 5.26 Å². The minimum atomic E-state index is -0.404. The van der Waals surface area contributed by atoms with Crippen molar-refractivity contribution in [1.82, 2.24) is 9.78 Å². The molecule has 0 aliphatic heterocycles. The summed E-state index contributed by atoms with van der Waals surface area (Å²) in [6, 6.07) is 11.4. The SMILES string of the molecule is Cc1ccc(/C=C(\C#N)C(=O)n2nc(C)cc2C)cc1. The van der Waals surface area contributed by atoms with Crippen molar-refractivity contribution < 1.29 is 4.79 Å². The van der Waals surface area contributed by atoms with E-state index >= 15 is 0 Å². The third-order valence-electron chi connectivity index (χ3n) is 2.94. The van der Waals surface area contributed by atoms with Gasteiger partial charge in [0.1, 0.15) is 11.6 Å². The third kappa shape index (κ3) is 2.83. The molecule has 0 aliphatic carbocycles. The zero-order valence-corrected chi connectivity index (χ0v) is 11.7. The Morgan fingerprint density at radius 2 is 1.90 bits per heavy atom. The van der Waals surface area contributed by atoms with Gasteiger partial charge < -0.3 is 0 Å². The maximum atomic E-state index is 12.3. The van der Waals surface area contributed by atoms with Crippen LogP contribution in [0.25, 0.3) is 6.08 Å². The molecule has 0 fully saturated rings. The number of carbonyl (C=O) groups excluding carboxylic acids is 1. The lowest BCUT2D eigenvalue weighted by Gasteiger charge is -2.02. The van der Waals surface area contributed by atoms with Crippen LogP contribution in [0, 0.1) is 32.1 Å². The Labute approximate surface area is 118 Å². The molecule has 0 radical (unpaired) electrons. The second-order valence-electron chi connectivity index (χ2n) is 4.72. The molecular formula is C16H15N3O. The standard InChI is InChI=1S/C16H15N3O/c1-11-4-6-14(7-5-11)9-15(10-17)16(20)19-13(3)8-12(2)18-19/h4-9H,1-3H3/b15-9+. The van der Waals surface area contributed by atoms with Crippen LogP contribution >= 0.6 is 0 Å². The fourth-order valence-electron chi connectivity index (χ4n) is 1.92. The van der Waals surface area contributed by atoms with Gasteiger partial charge in [0.15, 0.2) is 0 Å². The van der Waals surface area contributed by atoms with Crippen LogP contribution in [0.1, 0.15) is 27.3 Å². The summed E-state index contributed by atoms with van der Waals surface area (Å²) in [5.74, 6) is -0.404. The van der Waals surface area contributed by atoms with Crippen LogP contribution in [0.3, 0.4) is 0 Å². The van der Waals surface area contributed by atoms with E-state index in [2.05, 4.69) is 5.10 Å². The van der Waals surface area contributed by atoms with Gasteiger partial charge in [-0.3, -0.25) is 4.79 Å². The van der Waals surface area contributed by atoms with E-state index in [9.17, 15) is 10.1 Å². The summed E-state index contributed by atoms with van der Waals surface area (Å²) in [6.45, 7) is 5.59. The van der Waals surface area contributed by atoms with Crippen molar-refractivity contribution in [3.05, 3.63) is 58.4 Å². The highest BCUT2D eigenvalue weighted by Gasteiger charge is 2.15. The number of benzene rings is 1. The number of nitriles is 1. The molecule has 2 aromatic rings. The maximum absolute atomic E-state index is 12.3. The number of allylic oxidation sites excluding steroid dienone is 1. The number of aromatic nitrogens is 2. The number of aryl methyl sites for hydroxylation is 3. The number of nitrogens with zero attached hydrogens (tertiary/aromatic N) is 3. The lowest BCUT2D eigenvalue weighted by Crippen LogP contribution is -2.15. The Morgan fingerprint density at radius 3 is 2.40 bits per heavy atom. The Morgan fingerprint density at radius 1 is 1.25 bits per heavy atom. The molecule has 0 spiro atoms. The van der Waals surface area contributed by atoms with Crippen LogP contribution in [0.15, 0.2) is 35.9 Å². The predicted octanol–water partition coefficient (Wildman–Crippen LogP) is 3.06. The molecule has 4 nitrogen and oxygen atoms in total. The zero-order chi connectivity index (χ0) is 14.7. The molecule has 0 bridgehead atoms. The first-order chi connectivity index (χ1) is 9.51. The van der Waals surface area contributed by atoms with Gasteiger partial charge in [-0.2, -0.15) is 10.4 Å². The molecule has 0 unspecified atom stereocenters. The summed E-state index contributed by atoms with van der Waals surface area (Å²) < 4.78 is 1.26. The Balaban J connectivity index is 2.38. The molecule has 100 valence electrons. The van der Waals surface area contributed by atoms with Crippen LogP contribution < -0.4 is 0 Å². The monoisotopic (exact) mass is 265 g/mol. The first-order valence-electron chi connectivity index (χ1n) is 6.27. The average Bonchev–Trinajstić information content (AvgIpc) is 2.76. The van der Waals surface area contributed by atoms with Crippen LogP contribution in [0.4, 0.5) is 0 Å². The minimum absolute atomic E-state index is 0.0695. The molecule has 0 atom stereocenters. The molecule has 1 heterocycles. The third-order valence-corrected chi connectivity index (χ3v) is 2.94. The number of carbonyl (C=O) groups is 1. The van der Waals surface area contributed by atoms with Gasteiger partial charge in [-0.25, -0.2) is 4.68 Å². The summed E-state index contributed by atoms with van der Waals surface area (Å²) in [4.78, 5) is 12.3. The first-order valence-corrected chi connectivity index (χ1v) is 6.27. The highest BCUT2D eigenvalue weighted by molar-refractivity contribution is 6.03. The molecule has 2 rings (SSSR count). The molecule has 0 saturated heterocycles. The number of hydrogen-bond donors (Lipinski definition) is 0. The normalized spacial score (nSPS) is 11.2. The Kier molecular flexibility index (Phi) is 3.81. The highest BCUT2D eigenvalue weighted by atomic mass is 16.2. The second kappa shape index (κ2) is 5.54. The van der Waals surface area contributed by atoms with Crippen LogP contribution in [-0.4, -0.2) is 15.7 Å². The molecule has 1 aromatic carbocycles. The van der Waals surface area contributed by atoms with Gasteiger partial charge in [0, 0.05) is 5.69 Å². The van der Waals surface area contributed by atoms with Crippen molar-refractivity contribution >= 4 is 12.0 Å². The lowest BCUT2D eigenvalue weighted by atomic mass is 10.1. The average molecular weight is 265 g/mol. The Bertz CT molecular complexity index is 715. The van der Waals surface area contributed by atoms with Crippen LogP contribution in [-0.2, 0) is 0 Å². The highest BCUT2D eigenvalue weighted by Crippen LogP contribution is 2.11. The summed E-state index contributed by atoms with van der Waals surface area (Å²) in [5, 5.41) is 13.3. The van der Waals surface area contributed by atoms with E-state index in [0.29, 0.717) is 0 Å². The largest absolute Gasteiger partial charge is 0.289 e. The molecule has 0 saturated carbocycles. The number of hydrogen-bond acceptors (Lipinski definition) is 3. The predicted molar refractivity (Wildman–Crippen MR) is 77.1 cm³/mol. The van der Waals surface area contributed by atoms with Crippen molar-refractivity contribution in [2.24, 2.45) is 0 Å². The lowest BCUT2D eigenvalue weighted by molar-refractivity contribution is 0.0944. The van der Waals surface area contributed by atoms with E-state index < -0.39 is 5.91 Å². The molecule has 4 heteroatoms. The molecule has 0 amide bonds. The van der Waals surface area contributed by atoms with Crippen molar-refractivity contribution in [2.75, 3.05) is 0 Å². The van der Waals surface area contributed by atoms with E-state index in [1.54, 1.807) is 19.1 Å². The molecule has 20 heavy (non-hydrogen) atoms. The Hall–Kier alpha value is -2.67. The van der Waals surface area contributed by atoms with E-state index in [0.717, 1.165) is 22.5 Å². The molecular weight excluding hydrogens is 250 g/mol. The van der Waals surface area contributed by atoms with Gasteiger partial charge in [0.25, 0.3) is 5.91 Å². The van der Waals surface area contributed by atoms with Crippen molar-refractivity contribution in [3.63, 3.8) is 0 Å². The summed E-state index contributed by atoms with van der Waals surface area (Å²) in [6.07, 6.45) is 1.58. The van der Waals surface area contributed by atoms with Gasteiger partial charge in [-0.05, 0) is 38.5 Å². The fourth-order valence-corrected chi connectivity index (χ4v) is 1.92. The summed E-state index contributed by atoms with van der Waals surface area (Å²) in [7, 11) is 0. The smallest absolute Gasteiger partial charge is 0.266 e. The van der Waals surface area contributed by atoms with E-state index in [4.69, 9.17) is 0 Å². The molecule has 1 aromatic heterocycles. The minimum Gasteiger partial charge on any atom is -0.266 e. The van der Waals surface area contributed by atoms with Crippen LogP contribution in [0.5, 0.6) is 0 Å². The molecule has 0 aliphatic rings. The van der Waals surface area contributed by atoms with E-state index in [1.807, 2.05) is 44.2 Å². The maximum Gasteiger partial charge on any atom is 0.289 e. The molecule has 0 N–H and O–H groups in total. The summed E-state index contributed by atoms with van der Waals surface area (Å²) in [5.41, 5.74) is 3.49. The van der Waals surface area contributed by atoms with Crippen molar-refractivity contribution in [2.45, 2.75) is 20.8 Å². The van der Waals surface area contributed by atoms with Crippen LogP contribution in [0.2, 0.25) is 0 Å². The van der Waals surface area contributed by atoms with E-state index in [-0.39, 0.29) is 5.57 Å². The topological polar surface area (TPSA) is 58.7 Å². The fraction of sp³-hybridized carbons (Fsp3) is 0.188. The quantitative estimate of drug-likeness (QED) is 0.619. The number of rotatable bonds is 2. The van der Waals surface area contributed by atoms with Gasteiger partial charge >= 0.3 is 0 Å². The van der Waals surface area contributed by atoms with Gasteiger partial charge in [0.05, 0.1) is 5.69 Å². The van der Waals surface area contributed by atoms with Gasteiger partial charge in [-0.1, -0.05) is 29.8 Å². The summed E-state index contributed by atoms with van der Waals surface area (Å²) >= 11 is 0. The van der Waals surface area contributed by atoms with E-state index in [1.165, 1.54) is 4.68 Å². The van der Waals surface area contributed by atoms with Gasteiger partial charge in [-0.15, -0.1) is 0 Å². The van der Waals surface area contributed by atoms with Crippen molar-refractivity contribution in [3.8, 4) is 6.07 Å². The van der Waals surface area contributed by atoms with Gasteiger partial charge in [0.2, 0.25) is 0 Å². The second-order valence-corrected chi connectivity index (χ2v) is 4.72. The first kappa shape index (κ1) is 13.8. The zero-order valence-electron chi connectivity index (χ0n) is 11.7.